The van der Waals surface area contributed by atoms with E-state index < -0.39 is 0 Å². The predicted molar refractivity (Wildman–Crippen MR) is 101 cm³/mol. The van der Waals surface area contributed by atoms with Crippen molar-refractivity contribution >= 4 is 40.6 Å². The molecule has 0 saturated heterocycles. The van der Waals surface area contributed by atoms with E-state index in [0.29, 0.717) is 22.0 Å². The Balaban J connectivity index is 1.87. The summed E-state index contributed by atoms with van der Waals surface area (Å²) in [5.74, 6) is 1.48. The van der Waals surface area contributed by atoms with Gasteiger partial charge in [-0.15, -0.1) is 11.8 Å². The van der Waals surface area contributed by atoms with Crippen LogP contribution in [-0.4, -0.2) is 31.9 Å². The molecule has 2 aromatic rings. The number of thioether (sulfide) groups is 1. The molecule has 0 aliphatic carbocycles. The second-order valence-corrected chi connectivity index (χ2v) is 6.98. The van der Waals surface area contributed by atoms with Crippen LogP contribution in [0.2, 0.25) is 5.02 Å². The van der Waals surface area contributed by atoms with E-state index >= 15 is 0 Å². The third-order valence-electron chi connectivity index (χ3n) is 3.97. The molecule has 0 saturated carbocycles. The van der Waals surface area contributed by atoms with Gasteiger partial charge in [0.25, 0.3) is 5.91 Å². The fraction of sp³-hybridized carbons (Fsp3) is 0.278. The van der Waals surface area contributed by atoms with Crippen LogP contribution in [0.25, 0.3) is 0 Å². The summed E-state index contributed by atoms with van der Waals surface area (Å²) in [6, 6.07) is 11.0. The van der Waals surface area contributed by atoms with Crippen molar-refractivity contribution in [1.82, 2.24) is 0 Å². The summed E-state index contributed by atoms with van der Waals surface area (Å²) in [6.45, 7) is 4.06. The van der Waals surface area contributed by atoms with Gasteiger partial charge in [0.15, 0.2) is 0 Å². The van der Waals surface area contributed by atoms with Gasteiger partial charge in [0.1, 0.15) is 5.75 Å². The molecule has 2 aromatic carbocycles. The molecule has 0 bridgehead atoms. The van der Waals surface area contributed by atoms with Gasteiger partial charge in [0.05, 0.1) is 18.5 Å². The number of methoxy groups -OCH3 is 1. The zero-order chi connectivity index (χ0) is 17.1. The fourth-order valence-electron chi connectivity index (χ4n) is 2.71. The highest BCUT2D eigenvalue weighted by atomic mass is 35.5. The van der Waals surface area contributed by atoms with Crippen LogP contribution >= 0.6 is 23.4 Å². The molecule has 1 aliphatic rings. The highest BCUT2D eigenvalue weighted by Crippen LogP contribution is 2.35. The monoisotopic (exact) mass is 362 g/mol. The smallest absolute Gasteiger partial charge is 0.255 e. The van der Waals surface area contributed by atoms with Crippen molar-refractivity contribution in [3.05, 3.63) is 47.0 Å². The third-order valence-corrected chi connectivity index (χ3v) is 5.25. The molecule has 0 atom stereocenters. The van der Waals surface area contributed by atoms with Crippen molar-refractivity contribution in [2.75, 3.05) is 36.2 Å². The molecule has 24 heavy (non-hydrogen) atoms. The van der Waals surface area contributed by atoms with Crippen LogP contribution < -0.4 is 15.0 Å². The van der Waals surface area contributed by atoms with Gasteiger partial charge in [-0.25, -0.2) is 0 Å². The molecule has 6 heteroatoms. The summed E-state index contributed by atoms with van der Waals surface area (Å²) < 4.78 is 5.28. The summed E-state index contributed by atoms with van der Waals surface area (Å²) in [5.41, 5.74) is 2.31. The van der Waals surface area contributed by atoms with Crippen molar-refractivity contribution in [3.63, 3.8) is 0 Å². The molecule has 126 valence electrons. The van der Waals surface area contributed by atoms with Gasteiger partial charge in [0.2, 0.25) is 0 Å². The first kappa shape index (κ1) is 17.0. The highest BCUT2D eigenvalue weighted by Gasteiger charge is 2.19. The van der Waals surface area contributed by atoms with Crippen LogP contribution in [0.1, 0.15) is 17.3 Å². The largest absolute Gasteiger partial charge is 0.495 e. The molecule has 1 amide bonds. The van der Waals surface area contributed by atoms with Crippen LogP contribution in [0.15, 0.2) is 41.3 Å². The zero-order valence-corrected chi connectivity index (χ0v) is 15.2. The number of nitrogens with zero attached hydrogens (tertiary/aromatic N) is 1. The fourth-order valence-corrected chi connectivity index (χ4v) is 3.92. The van der Waals surface area contributed by atoms with Crippen molar-refractivity contribution < 1.29 is 9.53 Å². The molecule has 4 nitrogen and oxygen atoms in total. The first-order valence-electron chi connectivity index (χ1n) is 7.79. The molecule has 0 aromatic heterocycles. The van der Waals surface area contributed by atoms with Gasteiger partial charge in [-0.05, 0) is 43.3 Å². The Morgan fingerprint density at radius 3 is 2.92 bits per heavy atom. The molecular weight excluding hydrogens is 344 g/mol. The number of ether oxygens (including phenoxy) is 1. The van der Waals surface area contributed by atoms with Crippen LogP contribution in [0.5, 0.6) is 5.75 Å². The molecule has 1 aliphatic heterocycles. The van der Waals surface area contributed by atoms with Crippen molar-refractivity contribution in [3.8, 4) is 5.75 Å². The molecule has 1 heterocycles. The lowest BCUT2D eigenvalue weighted by atomic mass is 10.1. The number of carbonyl (C=O) groups excluding carboxylic acids is 1. The summed E-state index contributed by atoms with van der Waals surface area (Å²) in [4.78, 5) is 16.2. The second kappa shape index (κ2) is 7.36. The van der Waals surface area contributed by atoms with Gasteiger partial charge in [-0.2, -0.15) is 0 Å². The number of anilines is 2. The zero-order valence-electron chi connectivity index (χ0n) is 13.6. The number of rotatable bonds is 4. The quantitative estimate of drug-likeness (QED) is 0.867. The third kappa shape index (κ3) is 3.47. The van der Waals surface area contributed by atoms with Crippen LogP contribution in [-0.2, 0) is 0 Å². The lowest BCUT2D eigenvalue weighted by Gasteiger charge is -2.30. The number of fused-ring (bicyclic) bond motifs is 1. The Hall–Kier alpha value is -1.85. The molecule has 0 radical (unpaired) electrons. The summed E-state index contributed by atoms with van der Waals surface area (Å²) in [6.07, 6.45) is 0. The number of halogens is 1. The van der Waals surface area contributed by atoms with Gasteiger partial charge < -0.3 is 15.0 Å². The molecule has 0 spiro atoms. The summed E-state index contributed by atoms with van der Waals surface area (Å²) >= 11 is 7.85. The van der Waals surface area contributed by atoms with Crippen molar-refractivity contribution in [2.45, 2.75) is 11.8 Å². The second-order valence-electron chi connectivity index (χ2n) is 5.41. The Kier molecular flexibility index (Phi) is 5.21. The standard InChI is InChI=1S/C18H19ClN2O2S/c1-3-21-8-9-24-17-7-4-12(10-15(17)21)18(22)20-14-11-13(19)5-6-16(14)23-2/h4-7,10-11H,3,8-9H2,1-2H3,(H,20,22). The van der Waals surface area contributed by atoms with Gasteiger partial charge in [-0.1, -0.05) is 11.6 Å². The minimum absolute atomic E-state index is 0.176. The number of hydrogen-bond donors (Lipinski definition) is 1. The van der Waals surface area contributed by atoms with Gasteiger partial charge in [-0.3, -0.25) is 4.79 Å². The molecule has 0 fully saturated rings. The number of amides is 1. The Bertz CT molecular complexity index is 767. The van der Waals surface area contributed by atoms with Gasteiger partial charge in [0, 0.05) is 34.3 Å². The summed E-state index contributed by atoms with van der Waals surface area (Å²) in [5, 5.41) is 3.43. The van der Waals surface area contributed by atoms with Crippen LogP contribution in [0, 0.1) is 0 Å². The maximum absolute atomic E-state index is 12.6. The maximum Gasteiger partial charge on any atom is 0.255 e. The van der Waals surface area contributed by atoms with E-state index in [1.165, 1.54) is 4.90 Å². The van der Waals surface area contributed by atoms with E-state index in [9.17, 15) is 4.79 Å². The average Bonchev–Trinajstić information content (AvgIpc) is 2.61. The number of hydrogen-bond acceptors (Lipinski definition) is 4. The molecule has 3 rings (SSSR count). The Morgan fingerprint density at radius 1 is 1.33 bits per heavy atom. The number of carbonyl (C=O) groups is 1. The maximum atomic E-state index is 12.6. The van der Waals surface area contributed by atoms with Crippen LogP contribution in [0.3, 0.4) is 0 Å². The SMILES string of the molecule is CCN1CCSc2ccc(C(=O)Nc3cc(Cl)ccc3OC)cc21. The highest BCUT2D eigenvalue weighted by molar-refractivity contribution is 7.99. The molecule has 0 unspecified atom stereocenters. The first-order valence-corrected chi connectivity index (χ1v) is 9.15. The van der Waals surface area contributed by atoms with Crippen LogP contribution in [0.4, 0.5) is 11.4 Å². The van der Waals surface area contributed by atoms with E-state index in [-0.39, 0.29) is 5.91 Å². The lowest BCUT2D eigenvalue weighted by molar-refractivity contribution is 0.102. The summed E-state index contributed by atoms with van der Waals surface area (Å²) in [7, 11) is 1.56. The number of nitrogens with one attached hydrogen (secondary N) is 1. The Labute approximate surface area is 151 Å². The minimum Gasteiger partial charge on any atom is -0.495 e. The van der Waals surface area contributed by atoms with Gasteiger partial charge >= 0.3 is 0 Å². The van der Waals surface area contributed by atoms with Crippen molar-refractivity contribution in [1.29, 1.82) is 0 Å². The van der Waals surface area contributed by atoms with E-state index in [4.69, 9.17) is 16.3 Å². The molecule has 1 N–H and O–H groups in total. The number of benzene rings is 2. The minimum atomic E-state index is -0.176. The van der Waals surface area contributed by atoms with E-state index in [2.05, 4.69) is 17.1 Å². The van der Waals surface area contributed by atoms with E-state index in [0.717, 1.165) is 24.5 Å². The molecular formula is C18H19ClN2O2S. The average molecular weight is 363 g/mol. The topological polar surface area (TPSA) is 41.6 Å². The Morgan fingerprint density at radius 2 is 2.17 bits per heavy atom. The first-order chi connectivity index (χ1) is 11.6. The normalized spacial score (nSPS) is 13.4. The lowest BCUT2D eigenvalue weighted by Crippen LogP contribution is -2.29. The van der Waals surface area contributed by atoms with Crippen molar-refractivity contribution in [2.24, 2.45) is 0 Å². The van der Waals surface area contributed by atoms with E-state index in [1.54, 1.807) is 25.3 Å². The van der Waals surface area contributed by atoms with E-state index in [1.807, 2.05) is 30.0 Å². The predicted octanol–water partition coefficient (Wildman–Crippen LogP) is 4.53.